The maximum absolute atomic E-state index is 12.8. The largest absolute Gasteiger partial charge is 0.497 e. The van der Waals surface area contributed by atoms with Crippen LogP contribution in [0.2, 0.25) is 0 Å². The van der Waals surface area contributed by atoms with Gasteiger partial charge in [-0.1, -0.05) is 64.5 Å². The molecule has 0 spiro atoms. The van der Waals surface area contributed by atoms with Gasteiger partial charge in [-0.25, -0.2) is 0 Å². The molecule has 0 N–H and O–H groups in total. The minimum Gasteiger partial charge on any atom is -0.497 e. The molecule has 0 fully saturated rings. The molecule has 0 saturated heterocycles. The van der Waals surface area contributed by atoms with Crippen LogP contribution in [0.15, 0.2) is 59.9 Å². The Hall–Kier alpha value is -2.29. The van der Waals surface area contributed by atoms with Gasteiger partial charge in [0.05, 0.1) is 24.7 Å². The predicted octanol–water partition coefficient (Wildman–Crippen LogP) is 6.37. The molecule has 0 saturated carbocycles. The van der Waals surface area contributed by atoms with Crippen molar-refractivity contribution in [3.63, 3.8) is 0 Å². The summed E-state index contributed by atoms with van der Waals surface area (Å²) in [5.41, 5.74) is 1.98. The fraction of sp³-hybridized carbons (Fsp3) is 0.480. The number of carbonyl (C=O) groups excluding carboxylic acids is 1. The van der Waals surface area contributed by atoms with Gasteiger partial charge in [0.25, 0.3) is 0 Å². The summed E-state index contributed by atoms with van der Waals surface area (Å²) in [7, 11) is 0. The molecule has 0 amide bonds. The van der Waals surface area contributed by atoms with Crippen molar-refractivity contribution in [2.45, 2.75) is 47.5 Å². The smallest absolute Gasteiger partial charge is 0.189 e. The van der Waals surface area contributed by atoms with E-state index in [9.17, 15) is 4.79 Å². The van der Waals surface area contributed by atoms with Crippen molar-refractivity contribution in [2.24, 2.45) is 17.8 Å². The Labute approximate surface area is 170 Å². The number of ketones is 1. The lowest BCUT2D eigenvalue weighted by molar-refractivity contribution is 0.104. The van der Waals surface area contributed by atoms with Gasteiger partial charge in [0.2, 0.25) is 0 Å². The molecule has 0 heterocycles. The van der Waals surface area contributed by atoms with E-state index >= 15 is 0 Å². The first-order valence-electron chi connectivity index (χ1n) is 10.4. The van der Waals surface area contributed by atoms with Gasteiger partial charge >= 0.3 is 0 Å². The molecule has 152 valence electrons. The highest BCUT2D eigenvalue weighted by molar-refractivity contribution is 6.06. The highest BCUT2D eigenvalue weighted by Crippen LogP contribution is 2.28. The second-order valence-corrected chi connectivity index (χ2v) is 8.14. The van der Waals surface area contributed by atoms with E-state index in [-0.39, 0.29) is 11.7 Å². The summed E-state index contributed by atoms with van der Waals surface area (Å²) >= 11 is 0. The zero-order valence-electron chi connectivity index (χ0n) is 17.9. The quantitative estimate of drug-likeness (QED) is 0.268. The number of carbonyl (C=O) groups is 1. The van der Waals surface area contributed by atoms with E-state index < -0.39 is 0 Å². The SMILES string of the molecule is CCC1=CC(/C=C/C(=O)c2ccccc2OCC(C)C)C(OCC(C)C)=CC1. The summed E-state index contributed by atoms with van der Waals surface area (Å²) in [6.45, 7) is 11.9. The van der Waals surface area contributed by atoms with Crippen molar-refractivity contribution < 1.29 is 14.3 Å². The molecule has 1 aliphatic rings. The van der Waals surface area contributed by atoms with Gasteiger partial charge in [-0.2, -0.15) is 0 Å². The standard InChI is InChI=1S/C25H34O3/c1-6-20-11-14-24(27-16-18(2)3)21(15-20)12-13-23(26)22-9-7-8-10-25(22)28-17-19(4)5/h7-10,12-15,18-19,21H,6,11,16-17H2,1-5H3/b13-12+. The van der Waals surface area contributed by atoms with Crippen LogP contribution in [0.3, 0.4) is 0 Å². The Kier molecular flexibility index (Phi) is 8.56. The van der Waals surface area contributed by atoms with Gasteiger partial charge < -0.3 is 9.47 Å². The fourth-order valence-electron chi connectivity index (χ4n) is 2.94. The van der Waals surface area contributed by atoms with Crippen LogP contribution in [0.4, 0.5) is 0 Å². The van der Waals surface area contributed by atoms with E-state index in [0.29, 0.717) is 36.4 Å². The average molecular weight is 383 g/mol. The topological polar surface area (TPSA) is 35.5 Å². The van der Waals surface area contributed by atoms with Crippen LogP contribution in [0.1, 0.15) is 57.8 Å². The second kappa shape index (κ2) is 10.9. The Bertz CT molecular complexity index is 738. The number of benzene rings is 1. The lowest BCUT2D eigenvalue weighted by Crippen LogP contribution is -2.12. The summed E-state index contributed by atoms with van der Waals surface area (Å²) in [5.74, 6) is 2.43. The molecule has 0 aromatic heterocycles. The maximum Gasteiger partial charge on any atom is 0.189 e. The third kappa shape index (κ3) is 6.70. The number of ether oxygens (including phenoxy) is 2. The van der Waals surface area contributed by atoms with Crippen molar-refractivity contribution in [3.8, 4) is 5.75 Å². The third-order valence-electron chi connectivity index (χ3n) is 4.53. The van der Waals surface area contributed by atoms with Crippen molar-refractivity contribution >= 4 is 5.78 Å². The zero-order chi connectivity index (χ0) is 20.5. The predicted molar refractivity (Wildman–Crippen MR) is 116 cm³/mol. The van der Waals surface area contributed by atoms with Crippen LogP contribution in [0.25, 0.3) is 0 Å². The zero-order valence-corrected chi connectivity index (χ0v) is 17.9. The first kappa shape index (κ1) is 22.0. The van der Waals surface area contributed by atoms with E-state index in [1.807, 2.05) is 30.3 Å². The van der Waals surface area contributed by atoms with Crippen LogP contribution in [-0.4, -0.2) is 19.0 Å². The molecule has 1 aromatic carbocycles. The number of allylic oxidation sites excluding steroid dienone is 4. The van der Waals surface area contributed by atoms with Crippen LogP contribution < -0.4 is 4.74 Å². The lowest BCUT2D eigenvalue weighted by Gasteiger charge is -2.22. The molecule has 0 radical (unpaired) electrons. The Morgan fingerprint density at radius 3 is 2.46 bits per heavy atom. The minimum atomic E-state index is -0.0420. The third-order valence-corrected chi connectivity index (χ3v) is 4.53. The minimum absolute atomic E-state index is 0.00939. The molecule has 1 aromatic rings. The lowest BCUT2D eigenvalue weighted by atomic mass is 9.92. The van der Waals surface area contributed by atoms with E-state index in [1.54, 1.807) is 6.08 Å². The number of rotatable bonds is 10. The average Bonchev–Trinajstić information content (AvgIpc) is 2.69. The molecule has 1 atom stereocenters. The van der Waals surface area contributed by atoms with E-state index in [2.05, 4.69) is 46.8 Å². The van der Waals surface area contributed by atoms with Gasteiger partial charge in [-0.05, 0) is 49.0 Å². The summed E-state index contributed by atoms with van der Waals surface area (Å²) in [6.07, 6.45) is 9.92. The first-order chi connectivity index (χ1) is 13.4. The van der Waals surface area contributed by atoms with Crippen molar-refractivity contribution in [2.75, 3.05) is 13.2 Å². The number of hydrogen-bond donors (Lipinski definition) is 0. The normalized spacial score (nSPS) is 17.0. The number of hydrogen-bond acceptors (Lipinski definition) is 3. The van der Waals surface area contributed by atoms with Gasteiger partial charge in [0.1, 0.15) is 11.5 Å². The van der Waals surface area contributed by atoms with Crippen LogP contribution >= 0.6 is 0 Å². The molecular weight excluding hydrogens is 348 g/mol. The summed E-state index contributed by atoms with van der Waals surface area (Å²) in [5, 5.41) is 0. The van der Waals surface area contributed by atoms with Gasteiger partial charge in [-0.3, -0.25) is 4.79 Å². The molecule has 1 aliphatic carbocycles. The molecule has 0 bridgehead atoms. The second-order valence-electron chi connectivity index (χ2n) is 8.14. The Morgan fingerprint density at radius 1 is 1.11 bits per heavy atom. The summed E-state index contributed by atoms with van der Waals surface area (Å²) in [4.78, 5) is 12.8. The van der Waals surface area contributed by atoms with Gasteiger partial charge in [0, 0.05) is 0 Å². The van der Waals surface area contributed by atoms with E-state index in [0.717, 1.165) is 18.6 Å². The van der Waals surface area contributed by atoms with Crippen molar-refractivity contribution in [1.29, 1.82) is 0 Å². The van der Waals surface area contributed by atoms with E-state index in [4.69, 9.17) is 9.47 Å². The molecule has 0 aliphatic heterocycles. The first-order valence-corrected chi connectivity index (χ1v) is 10.4. The molecule has 2 rings (SSSR count). The number of para-hydroxylation sites is 1. The van der Waals surface area contributed by atoms with Crippen molar-refractivity contribution in [1.82, 2.24) is 0 Å². The Balaban J connectivity index is 2.15. The van der Waals surface area contributed by atoms with Gasteiger partial charge in [-0.15, -0.1) is 0 Å². The van der Waals surface area contributed by atoms with Crippen LogP contribution in [0, 0.1) is 17.8 Å². The fourth-order valence-corrected chi connectivity index (χ4v) is 2.94. The van der Waals surface area contributed by atoms with Gasteiger partial charge in [0.15, 0.2) is 5.78 Å². The van der Waals surface area contributed by atoms with Crippen LogP contribution in [0.5, 0.6) is 5.75 Å². The molecule has 28 heavy (non-hydrogen) atoms. The summed E-state index contributed by atoms with van der Waals surface area (Å²) in [6, 6.07) is 7.45. The molecule has 1 unspecified atom stereocenters. The molecule has 3 heteroatoms. The maximum atomic E-state index is 12.8. The highest BCUT2D eigenvalue weighted by atomic mass is 16.5. The molecule has 3 nitrogen and oxygen atoms in total. The molecular formula is C25H34O3. The summed E-state index contributed by atoms with van der Waals surface area (Å²) < 4.78 is 11.8. The van der Waals surface area contributed by atoms with Crippen molar-refractivity contribution in [3.05, 3.63) is 65.5 Å². The van der Waals surface area contributed by atoms with Crippen LogP contribution in [-0.2, 0) is 4.74 Å². The Morgan fingerprint density at radius 2 is 1.79 bits per heavy atom. The monoisotopic (exact) mass is 382 g/mol. The van der Waals surface area contributed by atoms with E-state index in [1.165, 1.54) is 5.57 Å². The highest BCUT2D eigenvalue weighted by Gasteiger charge is 2.17.